The van der Waals surface area contributed by atoms with Gasteiger partial charge in [-0.05, 0) is 54.6 Å². The van der Waals surface area contributed by atoms with E-state index >= 15 is 0 Å². The van der Waals surface area contributed by atoms with E-state index in [4.69, 9.17) is 30.5 Å². The fourth-order valence-electron chi connectivity index (χ4n) is 4.39. The van der Waals surface area contributed by atoms with Crippen LogP contribution in [0.15, 0.2) is 108 Å². The monoisotopic (exact) mass is 691 g/mol. The molecule has 41 heavy (non-hydrogen) atoms. The number of ether oxygens (including phenoxy) is 2. The first kappa shape index (κ1) is 27.3. The number of para-hydroxylation sites is 1. The number of halogens is 3. The molecule has 10 heteroatoms. The first-order valence-electron chi connectivity index (χ1n) is 12.4. The lowest BCUT2D eigenvalue weighted by molar-refractivity contribution is 0.284. The van der Waals surface area contributed by atoms with E-state index < -0.39 is 0 Å². The van der Waals surface area contributed by atoms with Gasteiger partial charge in [-0.15, -0.1) is 0 Å². The van der Waals surface area contributed by atoms with Gasteiger partial charge in [0.2, 0.25) is 5.82 Å². The van der Waals surface area contributed by atoms with Crippen LogP contribution in [0.25, 0.3) is 33.5 Å². The predicted octanol–water partition coefficient (Wildman–Crippen LogP) is 8.46. The zero-order valence-corrected chi connectivity index (χ0v) is 25.4. The Hall–Kier alpha value is -3.92. The lowest BCUT2D eigenvalue weighted by Gasteiger charge is -2.15. The maximum absolute atomic E-state index is 13.7. The zero-order chi connectivity index (χ0) is 28.5. The fourth-order valence-corrected chi connectivity index (χ4v) is 5.41. The molecule has 0 radical (unpaired) electrons. The Bertz CT molecular complexity index is 2020. The first-order chi connectivity index (χ1) is 19.9. The number of furan rings is 1. The van der Waals surface area contributed by atoms with E-state index in [9.17, 15) is 4.79 Å². The molecule has 0 N–H and O–H groups in total. The van der Waals surface area contributed by atoms with Crippen molar-refractivity contribution in [1.82, 2.24) is 9.66 Å². The Balaban J connectivity index is 1.48. The number of nitrogens with zero attached hydrogens (tertiary/aromatic N) is 3. The third-order valence-corrected chi connectivity index (χ3v) is 7.68. The van der Waals surface area contributed by atoms with Gasteiger partial charge in [-0.2, -0.15) is 9.78 Å². The molecule has 0 atom stereocenters. The first-order valence-corrected chi connectivity index (χ1v) is 14.4. The summed E-state index contributed by atoms with van der Waals surface area (Å²) < 4.78 is 20.8. The number of methoxy groups -OCH3 is 1. The third-order valence-electron chi connectivity index (χ3n) is 6.36. The molecule has 2 aromatic heterocycles. The summed E-state index contributed by atoms with van der Waals surface area (Å²) in [5.41, 5.74) is 2.24. The van der Waals surface area contributed by atoms with Gasteiger partial charge in [-0.3, -0.25) is 4.79 Å². The van der Waals surface area contributed by atoms with Gasteiger partial charge in [0, 0.05) is 30.5 Å². The van der Waals surface area contributed by atoms with E-state index in [0.29, 0.717) is 44.3 Å². The summed E-state index contributed by atoms with van der Waals surface area (Å²) in [6.45, 7) is 0.204. The third kappa shape index (κ3) is 5.53. The van der Waals surface area contributed by atoms with Crippen LogP contribution >= 0.6 is 43.5 Å². The molecular formula is C31H20Br2ClN3O4. The highest BCUT2D eigenvalue weighted by Crippen LogP contribution is 2.35. The van der Waals surface area contributed by atoms with Gasteiger partial charge in [-0.1, -0.05) is 73.8 Å². The molecule has 0 aliphatic heterocycles. The number of fused-ring (bicyclic) bond motifs is 2. The van der Waals surface area contributed by atoms with Crippen LogP contribution in [-0.4, -0.2) is 23.0 Å². The summed E-state index contributed by atoms with van der Waals surface area (Å²) >= 11 is 13.4. The van der Waals surface area contributed by atoms with Crippen molar-refractivity contribution < 1.29 is 13.9 Å². The van der Waals surface area contributed by atoms with Crippen LogP contribution in [0.2, 0.25) is 5.02 Å². The minimum atomic E-state index is -0.344. The summed E-state index contributed by atoms with van der Waals surface area (Å²) in [5.74, 6) is 1.59. The van der Waals surface area contributed by atoms with Crippen molar-refractivity contribution in [2.75, 3.05) is 7.11 Å². The Morgan fingerprint density at radius 1 is 1.00 bits per heavy atom. The van der Waals surface area contributed by atoms with Gasteiger partial charge in [0.25, 0.3) is 5.56 Å². The highest BCUT2D eigenvalue weighted by Gasteiger charge is 2.18. The maximum atomic E-state index is 13.7. The molecule has 0 aliphatic carbocycles. The van der Waals surface area contributed by atoms with E-state index in [1.807, 2.05) is 54.6 Å². The molecule has 0 amide bonds. The highest BCUT2D eigenvalue weighted by atomic mass is 79.9. The quantitative estimate of drug-likeness (QED) is 0.157. The molecule has 0 bridgehead atoms. The standard InChI is InChI=1S/C31H20Br2ClN3O4/c1-39-27-15-22(33)13-20(29(27)40-17-18-6-2-4-8-24(18)34)16-35-37-30(36-25-9-5-3-7-23(25)31(37)38)28-14-19-12-21(32)10-11-26(19)41-28/h2-16H,17H2,1H3. The van der Waals surface area contributed by atoms with Crippen molar-refractivity contribution in [2.24, 2.45) is 5.10 Å². The van der Waals surface area contributed by atoms with Crippen LogP contribution in [0.1, 0.15) is 11.1 Å². The summed E-state index contributed by atoms with van der Waals surface area (Å²) in [4.78, 5) is 18.5. The molecule has 0 fully saturated rings. The highest BCUT2D eigenvalue weighted by molar-refractivity contribution is 9.10. The van der Waals surface area contributed by atoms with Crippen LogP contribution in [0.3, 0.4) is 0 Å². The molecule has 7 nitrogen and oxygen atoms in total. The molecule has 0 saturated carbocycles. The lowest BCUT2D eigenvalue weighted by Crippen LogP contribution is -2.20. The van der Waals surface area contributed by atoms with E-state index in [0.717, 1.165) is 19.9 Å². The van der Waals surface area contributed by atoms with E-state index in [-0.39, 0.29) is 18.0 Å². The van der Waals surface area contributed by atoms with Crippen molar-refractivity contribution in [1.29, 1.82) is 0 Å². The van der Waals surface area contributed by atoms with Crippen LogP contribution in [0.5, 0.6) is 11.5 Å². The molecule has 0 spiro atoms. The zero-order valence-electron chi connectivity index (χ0n) is 21.5. The Morgan fingerprint density at radius 3 is 2.63 bits per heavy atom. The van der Waals surface area contributed by atoms with Gasteiger partial charge in [-0.25, -0.2) is 4.98 Å². The second-order valence-electron chi connectivity index (χ2n) is 9.01. The second-order valence-corrected chi connectivity index (χ2v) is 11.3. The van der Waals surface area contributed by atoms with Gasteiger partial charge < -0.3 is 13.9 Å². The molecular weight excluding hydrogens is 674 g/mol. The van der Waals surface area contributed by atoms with E-state index in [2.05, 4.69) is 37.0 Å². The average molecular weight is 694 g/mol. The SMILES string of the molecule is COc1cc(Br)cc(C=Nn2c(-c3cc4cc(Br)ccc4o3)nc3ccccc3c2=O)c1OCc1ccccc1Cl. The Morgan fingerprint density at radius 2 is 1.80 bits per heavy atom. The lowest BCUT2D eigenvalue weighted by atomic mass is 10.2. The van der Waals surface area contributed by atoms with Crippen molar-refractivity contribution in [3.05, 3.63) is 120 Å². The summed E-state index contributed by atoms with van der Waals surface area (Å²) in [6, 6.07) is 25.7. The number of aromatic nitrogens is 2. The average Bonchev–Trinajstić information content (AvgIpc) is 3.39. The van der Waals surface area contributed by atoms with Gasteiger partial charge in [0.05, 0.1) is 24.2 Å². The minimum absolute atomic E-state index is 0.204. The number of benzene rings is 4. The number of hydrogen-bond acceptors (Lipinski definition) is 6. The van der Waals surface area contributed by atoms with Gasteiger partial charge in [0.1, 0.15) is 12.2 Å². The van der Waals surface area contributed by atoms with Crippen LogP contribution in [0.4, 0.5) is 0 Å². The Labute approximate surface area is 256 Å². The van der Waals surface area contributed by atoms with Crippen molar-refractivity contribution in [3.63, 3.8) is 0 Å². The number of hydrogen-bond donors (Lipinski definition) is 0. The van der Waals surface area contributed by atoms with E-state index in [1.165, 1.54) is 10.9 Å². The molecule has 6 rings (SSSR count). The van der Waals surface area contributed by atoms with Crippen LogP contribution in [0, 0.1) is 0 Å². The molecule has 204 valence electrons. The summed E-state index contributed by atoms with van der Waals surface area (Å²) in [5, 5.41) is 6.48. The van der Waals surface area contributed by atoms with Crippen LogP contribution < -0.4 is 15.0 Å². The molecule has 0 unspecified atom stereocenters. The normalized spacial score (nSPS) is 11.5. The van der Waals surface area contributed by atoms with Crippen molar-refractivity contribution in [2.45, 2.75) is 6.61 Å². The Kier molecular flexibility index (Phi) is 7.66. The minimum Gasteiger partial charge on any atom is -0.493 e. The largest absolute Gasteiger partial charge is 0.493 e. The smallest absolute Gasteiger partial charge is 0.282 e. The molecule has 0 aliphatic rings. The van der Waals surface area contributed by atoms with Crippen molar-refractivity contribution in [3.8, 4) is 23.1 Å². The fraction of sp³-hybridized carbons (Fsp3) is 0.0645. The molecule has 0 saturated heterocycles. The van der Waals surface area contributed by atoms with E-state index in [1.54, 1.807) is 37.4 Å². The topological polar surface area (TPSA) is 78.9 Å². The molecule has 4 aromatic carbocycles. The number of rotatable bonds is 7. The second kappa shape index (κ2) is 11.5. The van der Waals surface area contributed by atoms with Crippen molar-refractivity contribution >= 4 is 71.5 Å². The van der Waals surface area contributed by atoms with Gasteiger partial charge >= 0.3 is 0 Å². The maximum Gasteiger partial charge on any atom is 0.282 e. The predicted molar refractivity (Wildman–Crippen MR) is 168 cm³/mol. The van der Waals surface area contributed by atoms with Crippen LogP contribution in [-0.2, 0) is 6.61 Å². The molecule has 6 aromatic rings. The molecule has 2 heterocycles. The van der Waals surface area contributed by atoms with Gasteiger partial charge in [0.15, 0.2) is 17.3 Å². The summed E-state index contributed by atoms with van der Waals surface area (Å²) in [6.07, 6.45) is 1.54. The summed E-state index contributed by atoms with van der Waals surface area (Å²) in [7, 11) is 1.56.